The molecule has 2 N–H and O–H groups in total. The molecule has 0 fully saturated rings. The maximum absolute atomic E-state index is 12.4. The number of nitriles is 1. The Kier molecular flexibility index (Phi) is 6.53. The molecule has 0 amide bonds. The van der Waals surface area contributed by atoms with Gasteiger partial charge in [0.1, 0.15) is 22.2 Å². The highest BCUT2D eigenvalue weighted by molar-refractivity contribution is 7.17. The first-order chi connectivity index (χ1) is 12.5. The first-order valence-electron chi connectivity index (χ1n) is 7.97. The number of esters is 2. The van der Waals surface area contributed by atoms with Gasteiger partial charge in [-0.3, -0.25) is 0 Å². The van der Waals surface area contributed by atoms with Crippen LogP contribution in [0.3, 0.4) is 0 Å². The van der Waals surface area contributed by atoms with E-state index in [4.69, 9.17) is 15.2 Å². The lowest BCUT2D eigenvalue weighted by molar-refractivity contribution is -0.137. The molecule has 0 unspecified atom stereocenters. The average molecular weight is 370 g/mol. The fourth-order valence-corrected chi connectivity index (χ4v) is 3.37. The molecule has 26 heavy (non-hydrogen) atoms. The van der Waals surface area contributed by atoms with Crippen molar-refractivity contribution in [3.63, 3.8) is 0 Å². The first kappa shape index (κ1) is 19.2. The topological polar surface area (TPSA) is 102 Å². The van der Waals surface area contributed by atoms with Gasteiger partial charge in [0.2, 0.25) is 0 Å². The summed E-state index contributed by atoms with van der Waals surface area (Å²) in [4.78, 5) is 24.8. The summed E-state index contributed by atoms with van der Waals surface area (Å²) in [7, 11) is 0. The minimum Gasteiger partial charge on any atom is -0.462 e. The predicted octanol–water partition coefficient (Wildman–Crippen LogP) is 3.64. The van der Waals surface area contributed by atoms with Gasteiger partial charge in [0.15, 0.2) is 0 Å². The number of thiophene rings is 1. The summed E-state index contributed by atoms with van der Waals surface area (Å²) in [6.45, 7) is 3.73. The molecule has 0 saturated heterocycles. The highest BCUT2D eigenvalue weighted by atomic mass is 32.1. The van der Waals surface area contributed by atoms with Crippen molar-refractivity contribution in [2.24, 2.45) is 0 Å². The summed E-state index contributed by atoms with van der Waals surface area (Å²) in [6.07, 6.45) is 1.39. The number of hydrogen-bond acceptors (Lipinski definition) is 7. The lowest BCUT2D eigenvalue weighted by atomic mass is 10.00. The third kappa shape index (κ3) is 4.10. The third-order valence-electron chi connectivity index (χ3n) is 3.40. The minimum atomic E-state index is -0.723. The van der Waals surface area contributed by atoms with E-state index in [1.807, 2.05) is 36.4 Å². The van der Waals surface area contributed by atoms with Gasteiger partial charge in [-0.25, -0.2) is 9.59 Å². The number of rotatable bonds is 6. The summed E-state index contributed by atoms with van der Waals surface area (Å²) in [6, 6.07) is 11.0. The fourth-order valence-electron chi connectivity index (χ4n) is 2.34. The van der Waals surface area contributed by atoms with E-state index >= 15 is 0 Å². The molecular weight excluding hydrogens is 352 g/mol. The minimum absolute atomic E-state index is 0.157. The van der Waals surface area contributed by atoms with Crippen LogP contribution in [0.5, 0.6) is 0 Å². The molecule has 0 saturated carbocycles. The van der Waals surface area contributed by atoms with Crippen LogP contribution >= 0.6 is 11.3 Å². The molecule has 2 aromatic rings. The molecule has 134 valence electrons. The fraction of sp³-hybridized carbons (Fsp3) is 0.211. The Balaban J connectivity index is 2.67. The molecule has 0 bridgehead atoms. The quantitative estimate of drug-likeness (QED) is 0.473. The van der Waals surface area contributed by atoms with Crippen LogP contribution in [0.2, 0.25) is 0 Å². The number of benzene rings is 1. The second-order valence-electron chi connectivity index (χ2n) is 5.06. The van der Waals surface area contributed by atoms with Crippen molar-refractivity contribution in [3.05, 3.63) is 46.3 Å². The number of hydrogen-bond donors (Lipinski definition) is 1. The van der Waals surface area contributed by atoms with Gasteiger partial charge < -0.3 is 15.2 Å². The number of anilines is 1. The standard InChI is InChI=1S/C19H18N2O4S/c1-3-24-18(22)13(11-20)10-14-15(12-8-6-5-7-9-12)16(17(21)26-14)19(23)25-4-2/h5-10H,3-4,21H2,1-2H3/b13-10+. The Hall–Kier alpha value is -3.11. The van der Waals surface area contributed by atoms with Crippen LogP contribution in [-0.4, -0.2) is 25.2 Å². The number of nitrogens with two attached hydrogens (primary N) is 1. The van der Waals surface area contributed by atoms with E-state index in [0.717, 1.165) is 16.9 Å². The SMILES string of the molecule is CCOC(=O)/C(C#N)=C/c1sc(N)c(C(=O)OCC)c1-c1ccccc1. The largest absolute Gasteiger partial charge is 0.462 e. The third-order valence-corrected chi connectivity index (χ3v) is 4.36. The zero-order chi connectivity index (χ0) is 19.1. The van der Waals surface area contributed by atoms with Crippen molar-refractivity contribution < 1.29 is 19.1 Å². The lowest BCUT2D eigenvalue weighted by Gasteiger charge is -2.07. The maximum Gasteiger partial charge on any atom is 0.348 e. The summed E-state index contributed by atoms with van der Waals surface area (Å²) >= 11 is 1.11. The second-order valence-corrected chi connectivity index (χ2v) is 6.14. The highest BCUT2D eigenvalue weighted by Crippen LogP contribution is 2.40. The van der Waals surface area contributed by atoms with Crippen LogP contribution in [0.15, 0.2) is 35.9 Å². The van der Waals surface area contributed by atoms with Crippen molar-refractivity contribution in [2.45, 2.75) is 13.8 Å². The maximum atomic E-state index is 12.4. The summed E-state index contributed by atoms with van der Waals surface area (Å²) in [5.74, 6) is -1.27. The first-order valence-corrected chi connectivity index (χ1v) is 8.78. The molecule has 0 atom stereocenters. The predicted molar refractivity (Wildman–Crippen MR) is 100 cm³/mol. The van der Waals surface area contributed by atoms with Gasteiger partial charge in [0.25, 0.3) is 0 Å². The Morgan fingerprint density at radius 2 is 1.85 bits per heavy atom. The van der Waals surface area contributed by atoms with Gasteiger partial charge in [0, 0.05) is 10.4 Å². The van der Waals surface area contributed by atoms with Crippen LogP contribution in [0.4, 0.5) is 5.00 Å². The van der Waals surface area contributed by atoms with Crippen LogP contribution in [0, 0.1) is 11.3 Å². The van der Waals surface area contributed by atoms with Gasteiger partial charge in [-0.05, 0) is 25.5 Å². The molecule has 1 aromatic carbocycles. The monoisotopic (exact) mass is 370 g/mol. The summed E-state index contributed by atoms with van der Waals surface area (Å²) in [5, 5.41) is 9.54. The number of nitrogens with zero attached hydrogens (tertiary/aromatic N) is 1. The molecule has 7 heteroatoms. The lowest BCUT2D eigenvalue weighted by Crippen LogP contribution is -2.08. The van der Waals surface area contributed by atoms with Crippen LogP contribution in [-0.2, 0) is 14.3 Å². The Morgan fingerprint density at radius 3 is 2.42 bits per heavy atom. The van der Waals surface area contributed by atoms with E-state index in [-0.39, 0.29) is 29.4 Å². The number of nitrogen functional groups attached to an aromatic ring is 1. The smallest absolute Gasteiger partial charge is 0.348 e. The second kappa shape index (κ2) is 8.83. The van der Waals surface area contributed by atoms with Gasteiger partial charge in [-0.2, -0.15) is 5.26 Å². The molecule has 1 heterocycles. The van der Waals surface area contributed by atoms with Crippen molar-refractivity contribution in [2.75, 3.05) is 18.9 Å². The van der Waals surface area contributed by atoms with Gasteiger partial charge in [-0.15, -0.1) is 11.3 Å². The van der Waals surface area contributed by atoms with E-state index in [1.165, 1.54) is 6.08 Å². The molecule has 1 aromatic heterocycles. The number of carbonyl (C=O) groups is 2. The molecule has 0 aliphatic carbocycles. The van der Waals surface area contributed by atoms with Crippen molar-refractivity contribution in [1.82, 2.24) is 0 Å². The van der Waals surface area contributed by atoms with Crippen LogP contribution in [0.1, 0.15) is 29.1 Å². The highest BCUT2D eigenvalue weighted by Gasteiger charge is 2.24. The van der Waals surface area contributed by atoms with Crippen LogP contribution < -0.4 is 5.73 Å². The molecule has 6 nitrogen and oxygen atoms in total. The van der Waals surface area contributed by atoms with E-state index in [1.54, 1.807) is 13.8 Å². The summed E-state index contributed by atoms with van der Waals surface area (Å²) < 4.78 is 10.00. The van der Waals surface area contributed by atoms with Crippen molar-refractivity contribution in [1.29, 1.82) is 5.26 Å². The Morgan fingerprint density at radius 1 is 1.19 bits per heavy atom. The van der Waals surface area contributed by atoms with Crippen molar-refractivity contribution >= 4 is 34.4 Å². The van der Waals surface area contributed by atoms with E-state index in [2.05, 4.69) is 0 Å². The molecular formula is C19H18N2O4S. The van der Waals surface area contributed by atoms with Gasteiger partial charge in [0.05, 0.1) is 13.2 Å². The zero-order valence-electron chi connectivity index (χ0n) is 14.4. The van der Waals surface area contributed by atoms with Crippen molar-refractivity contribution in [3.8, 4) is 17.2 Å². The van der Waals surface area contributed by atoms with Crippen LogP contribution in [0.25, 0.3) is 17.2 Å². The number of carbonyl (C=O) groups excluding carboxylic acids is 2. The number of ether oxygens (including phenoxy) is 2. The van der Waals surface area contributed by atoms with E-state index in [9.17, 15) is 14.9 Å². The molecule has 2 rings (SSSR count). The normalized spacial score (nSPS) is 10.9. The van der Waals surface area contributed by atoms with E-state index < -0.39 is 11.9 Å². The molecule has 0 spiro atoms. The Labute approximate surface area is 155 Å². The molecule has 0 aliphatic heterocycles. The van der Waals surface area contributed by atoms with Gasteiger partial charge in [-0.1, -0.05) is 30.3 Å². The molecule has 0 aliphatic rings. The zero-order valence-corrected chi connectivity index (χ0v) is 15.3. The Bertz CT molecular complexity index is 879. The van der Waals surface area contributed by atoms with E-state index in [0.29, 0.717) is 10.4 Å². The summed E-state index contributed by atoms with van der Waals surface area (Å²) in [5.41, 5.74) is 7.38. The van der Waals surface area contributed by atoms with Gasteiger partial charge >= 0.3 is 11.9 Å². The average Bonchev–Trinajstić information content (AvgIpc) is 2.96. The molecule has 0 radical (unpaired) electrons.